The van der Waals surface area contributed by atoms with Crippen molar-refractivity contribution in [2.45, 2.75) is 0 Å². The lowest BCUT2D eigenvalue weighted by Gasteiger charge is -2.28. The predicted octanol–water partition coefficient (Wildman–Crippen LogP) is 31.3. The zero-order valence-electron chi connectivity index (χ0n) is 70.4. The van der Waals surface area contributed by atoms with Gasteiger partial charge in [0.05, 0.1) is 43.2 Å². The molecule has 0 fully saturated rings. The molecule has 14 heteroatoms. The van der Waals surface area contributed by atoms with E-state index in [-0.39, 0.29) is 5.71 Å². The molecule has 0 bridgehead atoms. The van der Waals surface area contributed by atoms with E-state index in [4.69, 9.17) is 20.5 Å². The highest BCUT2D eigenvalue weighted by atomic mass is 32.1. The maximum Gasteiger partial charge on any atom is 0.124 e. The highest BCUT2D eigenvalue weighted by Crippen LogP contribution is 2.45. The third-order valence-electron chi connectivity index (χ3n) is 23.3. The molecule has 2 aliphatic carbocycles. The van der Waals surface area contributed by atoms with Gasteiger partial charge in [0.15, 0.2) is 0 Å². The number of benzene rings is 17. The van der Waals surface area contributed by atoms with Crippen molar-refractivity contribution in [2.75, 3.05) is 30.5 Å². The van der Waals surface area contributed by atoms with E-state index >= 15 is 0 Å². The van der Waals surface area contributed by atoms with Gasteiger partial charge in [0, 0.05) is 79.4 Å². The Morgan fingerprint density at radius 1 is 0.223 bits per heavy atom. The summed E-state index contributed by atoms with van der Waals surface area (Å²) in [6.07, 6.45) is 11.6. The van der Waals surface area contributed by atoms with E-state index in [0.717, 1.165) is 183 Å². The number of anilines is 12. The van der Waals surface area contributed by atoms with Crippen molar-refractivity contribution in [2.24, 2.45) is 10.2 Å². The maximum absolute atomic E-state index is 9.54. The summed E-state index contributed by atoms with van der Waals surface area (Å²) in [7, 11) is 0. The lowest BCUT2D eigenvalue weighted by atomic mass is 9.92. The first-order valence-corrected chi connectivity index (χ1v) is 44.7. The second-order valence-electron chi connectivity index (χ2n) is 31.7. The lowest BCUT2D eigenvalue weighted by Crippen LogP contribution is -2.22. The van der Waals surface area contributed by atoms with E-state index < -0.39 is 0 Å². The topological polar surface area (TPSA) is 135 Å². The van der Waals surface area contributed by atoms with Crippen LogP contribution in [0.15, 0.2) is 495 Å². The minimum Gasteiger partial charge on any atom is -0.311 e. The number of thiazole rings is 2. The van der Waals surface area contributed by atoms with E-state index in [2.05, 4.69) is 387 Å². The number of rotatable bonds is 24. The van der Waals surface area contributed by atoms with Gasteiger partial charge in [0.2, 0.25) is 0 Å². The second kappa shape index (κ2) is 36.3. The van der Waals surface area contributed by atoms with Gasteiger partial charge in [-0.3, -0.25) is 21.7 Å². The third kappa shape index (κ3) is 17.1. The van der Waals surface area contributed by atoms with E-state index in [9.17, 15) is 5.41 Å². The Hall–Kier alpha value is -17.0. The molecule has 0 aliphatic heterocycles. The minimum atomic E-state index is 0.265. The van der Waals surface area contributed by atoms with Gasteiger partial charge in [-0.1, -0.05) is 255 Å². The van der Waals surface area contributed by atoms with Gasteiger partial charge >= 0.3 is 0 Å². The molecule has 130 heavy (non-hydrogen) atoms. The van der Waals surface area contributed by atoms with Gasteiger partial charge < -0.3 is 19.6 Å². The van der Waals surface area contributed by atoms with Crippen LogP contribution in [0.2, 0.25) is 0 Å². The molecular weight excluding hydrogens is 1630 g/mol. The summed E-state index contributed by atoms with van der Waals surface area (Å²) in [6.45, 7) is 0. The summed E-state index contributed by atoms with van der Waals surface area (Å²) in [4.78, 5) is 19.0. The quantitative estimate of drug-likeness (QED) is 0.0347. The van der Waals surface area contributed by atoms with Crippen LogP contribution >= 0.6 is 22.7 Å². The molecule has 17 aromatic carbocycles. The molecule has 0 atom stereocenters. The fourth-order valence-corrected chi connectivity index (χ4v) is 18.7. The van der Waals surface area contributed by atoms with Crippen LogP contribution in [0.4, 0.5) is 68.2 Å². The van der Waals surface area contributed by atoms with Crippen LogP contribution in [0.1, 0.15) is 0 Å². The molecule has 19 aromatic rings. The Kier molecular flexibility index (Phi) is 22.3. The first-order valence-electron chi connectivity index (χ1n) is 43.1. The third-order valence-corrected chi connectivity index (χ3v) is 25.5. The van der Waals surface area contributed by atoms with Gasteiger partial charge in [0.25, 0.3) is 0 Å². The summed E-state index contributed by atoms with van der Waals surface area (Å²) in [5.41, 5.74) is 38.7. The molecule has 618 valence electrons. The van der Waals surface area contributed by atoms with Crippen LogP contribution in [-0.2, 0) is 0 Å². The number of allylic oxidation sites excluding steroid dienone is 6. The monoisotopic (exact) mass is 1710 g/mol. The number of nitrogens with zero attached hydrogens (tertiary/aromatic N) is 8. The molecule has 0 saturated heterocycles. The predicted molar refractivity (Wildman–Crippen MR) is 548 cm³/mol. The van der Waals surface area contributed by atoms with Gasteiger partial charge in [0.1, 0.15) is 21.4 Å². The molecule has 0 spiro atoms. The van der Waals surface area contributed by atoms with Crippen LogP contribution in [-0.4, -0.2) is 32.8 Å². The van der Waals surface area contributed by atoms with E-state index in [0.29, 0.717) is 17.1 Å². The highest BCUT2D eigenvalue weighted by molar-refractivity contribution is 7.22. The maximum atomic E-state index is 9.54. The standard InChI is InChI=1S/C116H82N12S2/c117-107-77-103(69-72-109(107)123-121-91-25-6-1-7-26-91)127(95-32-12-4-13-33-95)101-63-50-83(51-64-101)87-22-20-23-88(74-87)84-52-65-102(66-53-84)128(96-34-14-5-15-35-96)104-70-73-110(108(118)78-104)124-122-92-27-21-24-89(75-92)106-76-90(116-120-112-37-17-19-39-114(112)130-116)56-71-105(106)85-54-67-100(68-55-85)126(94-30-10-3-11-31-94)99-61-48-82(49-62-99)81-46-59-98(60-47-81)125(93-28-8-2-9-29-93)97-57-44-80(45-58-97)79-40-42-86(43-41-79)115-119-111-36-16-18-38-113(111)129-115/h1-78,117-118,121-122H/b117-107?,118-108?,123-109-,124-110-. The molecule has 12 nitrogen and oxygen atoms in total. The number of hydrogen-bond donors (Lipinski definition) is 4. The Labute approximate surface area is 762 Å². The molecule has 0 radical (unpaired) electrons. The number of nitrogens with one attached hydrogen (secondary N) is 4. The summed E-state index contributed by atoms with van der Waals surface area (Å²) >= 11 is 3.42. The minimum absolute atomic E-state index is 0.265. The van der Waals surface area contributed by atoms with Crippen LogP contribution in [0, 0.1) is 10.8 Å². The Balaban J connectivity index is 0.512. The van der Waals surface area contributed by atoms with E-state index in [1.54, 1.807) is 22.7 Å². The van der Waals surface area contributed by atoms with Crippen LogP contribution in [0.25, 0.3) is 108 Å². The number of fused-ring (bicyclic) bond motifs is 2. The van der Waals surface area contributed by atoms with Crippen molar-refractivity contribution < 1.29 is 0 Å². The van der Waals surface area contributed by atoms with Crippen molar-refractivity contribution in [3.05, 3.63) is 485 Å². The van der Waals surface area contributed by atoms with Crippen molar-refractivity contribution in [3.63, 3.8) is 0 Å². The van der Waals surface area contributed by atoms with E-state index in [1.807, 2.05) is 121 Å². The van der Waals surface area contributed by atoms with Crippen molar-refractivity contribution in [1.29, 1.82) is 10.8 Å². The summed E-state index contributed by atoms with van der Waals surface area (Å²) in [5.74, 6) is 0. The average Bonchev–Trinajstić information content (AvgIpc) is 0.903. The van der Waals surface area contributed by atoms with Crippen molar-refractivity contribution in [1.82, 2.24) is 9.97 Å². The van der Waals surface area contributed by atoms with Gasteiger partial charge in [-0.2, -0.15) is 10.2 Å². The van der Waals surface area contributed by atoms with Gasteiger partial charge in [-0.25, -0.2) is 9.97 Å². The number of hydrazone groups is 2. The van der Waals surface area contributed by atoms with Gasteiger partial charge in [-0.05, 0) is 285 Å². The molecule has 2 aliphatic rings. The van der Waals surface area contributed by atoms with Gasteiger partial charge in [-0.15, -0.1) is 22.7 Å². The highest BCUT2D eigenvalue weighted by Gasteiger charge is 2.24. The van der Waals surface area contributed by atoms with Crippen molar-refractivity contribution in [3.8, 4) is 87.9 Å². The van der Waals surface area contributed by atoms with E-state index in [1.165, 1.54) is 4.70 Å². The molecule has 2 heterocycles. The van der Waals surface area contributed by atoms with Crippen LogP contribution in [0.3, 0.4) is 0 Å². The summed E-state index contributed by atoms with van der Waals surface area (Å²) < 4.78 is 2.33. The van der Waals surface area contributed by atoms with Crippen LogP contribution < -0.4 is 30.5 Å². The zero-order chi connectivity index (χ0) is 87.1. The fraction of sp³-hybridized carbons (Fsp3) is 0. The molecule has 21 rings (SSSR count). The molecule has 4 N–H and O–H groups in total. The Bertz CT molecular complexity index is 7500. The SMILES string of the molecule is N=C1C=C(N(c2ccccc2)c2ccc(-c3cccc(-c4ccc(N(C5=CC(=N)/C(=N\Nc6cccc(-c7cc(-c8nc9ccccc9s8)ccc7-c7ccc(N(c8ccccc8)c8ccc(-c9ccc(N(c%10ccccc%10)c%10ccc(-c%11ccc(-c%12nc%13ccccc%13s%12)cc%11)cc%10)cc9)cc8)cc7)c6)C=C5)c5ccccc5)cc4)c3)cc2)C=C/C1=N/Nc1ccccc1. The Morgan fingerprint density at radius 3 is 0.946 bits per heavy atom. The number of aromatic nitrogens is 2. The first kappa shape index (κ1) is 80.1. The molecular formula is C116H82N12S2. The number of para-hydroxylation sites is 7. The largest absolute Gasteiger partial charge is 0.311 e. The lowest BCUT2D eigenvalue weighted by molar-refractivity contribution is 1.21. The summed E-state index contributed by atoms with van der Waals surface area (Å²) in [5, 5.41) is 29.9. The first-order chi connectivity index (χ1) is 64.2. The van der Waals surface area contributed by atoms with Crippen LogP contribution in [0.5, 0.6) is 0 Å². The summed E-state index contributed by atoms with van der Waals surface area (Å²) in [6, 6.07) is 153. The zero-order valence-corrected chi connectivity index (χ0v) is 72.1. The smallest absolute Gasteiger partial charge is 0.124 e. The molecule has 2 aromatic heterocycles. The van der Waals surface area contributed by atoms with Crippen molar-refractivity contribution >= 4 is 134 Å². The Morgan fingerprint density at radius 2 is 0.531 bits per heavy atom. The normalized spacial score (nSPS) is 13.0. The fourth-order valence-electron chi connectivity index (χ4n) is 16.8. The molecule has 0 saturated carbocycles. The average molecular weight is 1710 g/mol. The number of hydrogen-bond acceptors (Lipinski definition) is 14. The molecule has 0 unspecified atom stereocenters. The molecule has 0 amide bonds. The second-order valence-corrected chi connectivity index (χ2v) is 33.7.